The molecule has 1 aliphatic rings. The minimum Gasteiger partial charge on any atom is -0.361 e. The third-order valence-electron chi connectivity index (χ3n) is 5.20. The maximum atomic E-state index is 12.6. The lowest BCUT2D eigenvalue weighted by atomic mass is 10.1. The Morgan fingerprint density at radius 3 is 2.64 bits per heavy atom. The number of rotatable bonds is 5. The van der Waals surface area contributed by atoms with E-state index in [2.05, 4.69) is 21.4 Å². The number of piperidine rings is 1. The molecule has 6 heteroatoms. The molecule has 1 saturated heterocycles. The zero-order valence-electron chi connectivity index (χ0n) is 15.8. The van der Waals surface area contributed by atoms with Gasteiger partial charge >= 0.3 is 0 Å². The van der Waals surface area contributed by atoms with Gasteiger partial charge in [-0.1, -0.05) is 24.3 Å². The van der Waals surface area contributed by atoms with Gasteiger partial charge < -0.3 is 15.2 Å². The standard InChI is InChI=1S/C22H24N4O2/c27-21(23-12-11-16-15-24-18-8-3-2-7-17(16)18)19-9-6-10-20(25-19)22(28)26-13-4-1-5-14-26/h2-3,6-10,15,24H,1,4-5,11-14H2,(H,23,27). The SMILES string of the molecule is O=C(NCCc1c[nH]c2ccccc12)c1cccc(C(=O)N2CCCCC2)n1. The van der Waals surface area contributed by atoms with Gasteiger partial charge in [0.25, 0.3) is 11.8 Å². The third kappa shape index (κ3) is 3.91. The molecule has 0 saturated carbocycles. The molecule has 0 bridgehead atoms. The number of carbonyl (C=O) groups excluding carboxylic acids is 2. The molecule has 144 valence electrons. The fourth-order valence-electron chi connectivity index (χ4n) is 3.68. The number of para-hydroxylation sites is 1. The highest BCUT2D eigenvalue weighted by Gasteiger charge is 2.20. The predicted octanol–water partition coefficient (Wildman–Crippen LogP) is 3.16. The number of nitrogens with zero attached hydrogens (tertiary/aromatic N) is 2. The summed E-state index contributed by atoms with van der Waals surface area (Å²) in [5.74, 6) is -0.346. The first-order valence-corrected chi connectivity index (χ1v) is 9.82. The fraction of sp³-hybridized carbons (Fsp3) is 0.318. The lowest BCUT2D eigenvalue weighted by Gasteiger charge is -2.26. The average Bonchev–Trinajstić information content (AvgIpc) is 3.17. The summed E-state index contributed by atoms with van der Waals surface area (Å²) in [5, 5.41) is 4.08. The van der Waals surface area contributed by atoms with Crippen molar-refractivity contribution >= 4 is 22.7 Å². The van der Waals surface area contributed by atoms with E-state index in [0.29, 0.717) is 12.2 Å². The van der Waals surface area contributed by atoms with Crippen LogP contribution >= 0.6 is 0 Å². The number of nitrogens with one attached hydrogen (secondary N) is 2. The van der Waals surface area contributed by atoms with Crippen molar-refractivity contribution in [2.45, 2.75) is 25.7 Å². The monoisotopic (exact) mass is 376 g/mol. The topological polar surface area (TPSA) is 78.1 Å². The molecule has 0 spiro atoms. The Labute approximate surface area is 164 Å². The Hall–Kier alpha value is -3.15. The molecule has 0 atom stereocenters. The van der Waals surface area contributed by atoms with Crippen LogP contribution in [0.5, 0.6) is 0 Å². The summed E-state index contributed by atoms with van der Waals surface area (Å²) < 4.78 is 0. The second-order valence-corrected chi connectivity index (χ2v) is 7.13. The van der Waals surface area contributed by atoms with Crippen LogP contribution < -0.4 is 5.32 Å². The lowest BCUT2D eigenvalue weighted by molar-refractivity contribution is 0.0718. The van der Waals surface area contributed by atoms with Gasteiger partial charge in [0, 0.05) is 36.7 Å². The van der Waals surface area contributed by atoms with Crippen LogP contribution in [0.4, 0.5) is 0 Å². The highest BCUT2D eigenvalue weighted by Crippen LogP contribution is 2.17. The Kier molecular flexibility index (Phi) is 5.37. The summed E-state index contributed by atoms with van der Waals surface area (Å²) >= 11 is 0. The first kappa shape index (κ1) is 18.2. The van der Waals surface area contributed by atoms with Gasteiger partial charge in [-0.15, -0.1) is 0 Å². The predicted molar refractivity (Wildman–Crippen MR) is 108 cm³/mol. The van der Waals surface area contributed by atoms with E-state index in [0.717, 1.165) is 49.9 Å². The van der Waals surface area contributed by atoms with Crippen LogP contribution in [0.15, 0.2) is 48.7 Å². The molecular formula is C22H24N4O2. The van der Waals surface area contributed by atoms with Crippen LogP contribution in [0.1, 0.15) is 45.8 Å². The van der Waals surface area contributed by atoms with E-state index in [9.17, 15) is 9.59 Å². The number of fused-ring (bicyclic) bond motifs is 1. The summed E-state index contributed by atoms with van der Waals surface area (Å²) in [6.07, 6.45) is 5.92. The van der Waals surface area contributed by atoms with E-state index in [1.807, 2.05) is 29.3 Å². The maximum Gasteiger partial charge on any atom is 0.272 e. The van der Waals surface area contributed by atoms with Gasteiger partial charge in [0.1, 0.15) is 11.4 Å². The van der Waals surface area contributed by atoms with Crippen LogP contribution in [0, 0.1) is 0 Å². The van der Waals surface area contributed by atoms with Crippen LogP contribution in [0.2, 0.25) is 0 Å². The van der Waals surface area contributed by atoms with Gasteiger partial charge in [-0.3, -0.25) is 9.59 Å². The Morgan fingerprint density at radius 2 is 1.79 bits per heavy atom. The minimum atomic E-state index is -0.256. The first-order valence-electron chi connectivity index (χ1n) is 9.82. The van der Waals surface area contributed by atoms with Gasteiger partial charge in [0.05, 0.1) is 0 Å². The number of aromatic nitrogens is 2. The van der Waals surface area contributed by atoms with E-state index in [4.69, 9.17) is 0 Å². The molecule has 0 radical (unpaired) electrons. The number of amides is 2. The number of hydrogen-bond acceptors (Lipinski definition) is 3. The zero-order valence-corrected chi connectivity index (χ0v) is 15.8. The normalized spacial score (nSPS) is 14.2. The van der Waals surface area contributed by atoms with Crippen LogP contribution in [0.25, 0.3) is 10.9 Å². The van der Waals surface area contributed by atoms with Crippen molar-refractivity contribution in [2.24, 2.45) is 0 Å². The van der Waals surface area contributed by atoms with Gasteiger partial charge in [-0.05, 0) is 49.4 Å². The summed E-state index contributed by atoms with van der Waals surface area (Å²) in [5.41, 5.74) is 2.88. The highest BCUT2D eigenvalue weighted by molar-refractivity contribution is 5.96. The number of carbonyl (C=O) groups is 2. The largest absolute Gasteiger partial charge is 0.361 e. The molecular weight excluding hydrogens is 352 g/mol. The molecule has 3 aromatic rings. The molecule has 28 heavy (non-hydrogen) atoms. The molecule has 4 rings (SSSR count). The van der Waals surface area contributed by atoms with Crippen LogP contribution in [-0.4, -0.2) is 46.3 Å². The Bertz CT molecular complexity index is 989. The van der Waals surface area contributed by atoms with E-state index >= 15 is 0 Å². The van der Waals surface area contributed by atoms with E-state index in [-0.39, 0.29) is 17.5 Å². The number of likely N-dealkylation sites (tertiary alicyclic amines) is 1. The fourth-order valence-corrected chi connectivity index (χ4v) is 3.68. The van der Waals surface area contributed by atoms with Crippen molar-refractivity contribution in [3.8, 4) is 0 Å². The molecule has 2 N–H and O–H groups in total. The molecule has 1 aliphatic heterocycles. The van der Waals surface area contributed by atoms with E-state index < -0.39 is 0 Å². The molecule has 3 heterocycles. The number of H-pyrrole nitrogens is 1. The summed E-state index contributed by atoms with van der Waals surface area (Å²) in [4.78, 5) is 34.4. The third-order valence-corrected chi connectivity index (χ3v) is 5.20. The highest BCUT2D eigenvalue weighted by atomic mass is 16.2. The molecule has 2 aromatic heterocycles. The molecule has 1 fully saturated rings. The number of benzene rings is 1. The number of pyridine rings is 1. The van der Waals surface area contributed by atoms with Crippen LogP contribution in [0.3, 0.4) is 0 Å². The van der Waals surface area contributed by atoms with E-state index in [1.54, 1.807) is 18.2 Å². The van der Waals surface area contributed by atoms with Crippen molar-refractivity contribution in [3.63, 3.8) is 0 Å². The van der Waals surface area contributed by atoms with Gasteiger partial charge in [-0.25, -0.2) is 4.98 Å². The van der Waals surface area contributed by atoms with Gasteiger partial charge in [-0.2, -0.15) is 0 Å². The lowest BCUT2D eigenvalue weighted by Crippen LogP contribution is -2.36. The van der Waals surface area contributed by atoms with Crippen LogP contribution in [-0.2, 0) is 6.42 Å². The Balaban J connectivity index is 1.37. The molecule has 2 amide bonds. The maximum absolute atomic E-state index is 12.6. The average molecular weight is 376 g/mol. The van der Waals surface area contributed by atoms with Crippen molar-refractivity contribution in [3.05, 3.63) is 65.6 Å². The number of hydrogen-bond donors (Lipinski definition) is 2. The smallest absolute Gasteiger partial charge is 0.272 e. The summed E-state index contributed by atoms with van der Waals surface area (Å²) in [7, 11) is 0. The summed E-state index contributed by atoms with van der Waals surface area (Å²) in [6, 6.07) is 13.2. The summed E-state index contributed by atoms with van der Waals surface area (Å²) in [6.45, 7) is 2.04. The Morgan fingerprint density at radius 1 is 1.00 bits per heavy atom. The van der Waals surface area contributed by atoms with Crippen molar-refractivity contribution in [2.75, 3.05) is 19.6 Å². The quantitative estimate of drug-likeness (QED) is 0.718. The molecule has 0 aliphatic carbocycles. The molecule has 0 unspecified atom stereocenters. The van der Waals surface area contributed by atoms with E-state index in [1.165, 1.54) is 5.39 Å². The zero-order chi connectivity index (χ0) is 19.3. The molecule has 6 nitrogen and oxygen atoms in total. The second kappa shape index (κ2) is 8.25. The van der Waals surface area contributed by atoms with Gasteiger partial charge in [0.15, 0.2) is 0 Å². The second-order valence-electron chi connectivity index (χ2n) is 7.13. The number of aromatic amines is 1. The van der Waals surface area contributed by atoms with Gasteiger partial charge in [0.2, 0.25) is 0 Å². The van der Waals surface area contributed by atoms with Crippen molar-refractivity contribution in [1.82, 2.24) is 20.2 Å². The van der Waals surface area contributed by atoms with Crippen molar-refractivity contribution in [1.29, 1.82) is 0 Å². The first-order chi connectivity index (χ1) is 13.7. The minimum absolute atomic E-state index is 0.0897. The molecule has 1 aromatic carbocycles. The van der Waals surface area contributed by atoms with Crippen molar-refractivity contribution < 1.29 is 9.59 Å².